The Labute approximate surface area is 158 Å². The number of rotatable bonds is 6. The van der Waals surface area contributed by atoms with Crippen LogP contribution >= 0.6 is 0 Å². The van der Waals surface area contributed by atoms with Crippen molar-refractivity contribution in [2.75, 3.05) is 7.11 Å². The molecule has 140 valence electrons. The number of nitrogens with one attached hydrogen (secondary N) is 1. The Bertz CT molecular complexity index is 916. The van der Waals surface area contributed by atoms with Gasteiger partial charge in [-0.25, -0.2) is 0 Å². The Kier molecular flexibility index (Phi) is 5.54. The van der Waals surface area contributed by atoms with E-state index < -0.39 is 0 Å². The number of aromatic nitrogens is 2. The Balaban J connectivity index is 1.82. The summed E-state index contributed by atoms with van der Waals surface area (Å²) in [6.45, 7) is 5.91. The Hall–Kier alpha value is -3.15. The van der Waals surface area contributed by atoms with Crippen molar-refractivity contribution in [1.82, 2.24) is 15.5 Å². The van der Waals surface area contributed by atoms with E-state index in [0.29, 0.717) is 17.3 Å². The summed E-state index contributed by atoms with van der Waals surface area (Å²) in [4.78, 5) is 17.2. The van der Waals surface area contributed by atoms with Gasteiger partial charge in [-0.15, -0.1) is 0 Å². The zero-order valence-corrected chi connectivity index (χ0v) is 15.9. The predicted octanol–water partition coefficient (Wildman–Crippen LogP) is 4.18. The second kappa shape index (κ2) is 8.03. The quantitative estimate of drug-likeness (QED) is 0.709. The summed E-state index contributed by atoms with van der Waals surface area (Å²) < 4.78 is 10.6. The fraction of sp³-hybridized carbons (Fsp3) is 0.286. The lowest BCUT2D eigenvalue weighted by molar-refractivity contribution is 0.0913. The van der Waals surface area contributed by atoms with Gasteiger partial charge in [0, 0.05) is 11.1 Å². The molecular weight excluding hydrogens is 342 g/mol. The number of carbonyl (C=O) groups excluding carboxylic acids is 1. The van der Waals surface area contributed by atoms with Gasteiger partial charge in [-0.3, -0.25) is 4.79 Å². The highest BCUT2D eigenvalue weighted by Gasteiger charge is 2.25. The molecule has 3 aromatic rings. The molecule has 0 saturated carbocycles. The van der Waals surface area contributed by atoms with Gasteiger partial charge in [0.15, 0.2) is 0 Å². The summed E-state index contributed by atoms with van der Waals surface area (Å²) >= 11 is 0. The fourth-order valence-electron chi connectivity index (χ4n) is 2.78. The number of amides is 1. The maximum absolute atomic E-state index is 12.7. The Morgan fingerprint density at radius 2 is 1.81 bits per heavy atom. The van der Waals surface area contributed by atoms with Gasteiger partial charge < -0.3 is 14.6 Å². The first-order valence-electron chi connectivity index (χ1n) is 8.84. The molecular formula is C21H23N3O3. The third kappa shape index (κ3) is 4.16. The monoisotopic (exact) mass is 365 g/mol. The summed E-state index contributed by atoms with van der Waals surface area (Å²) in [5, 5.41) is 7.08. The van der Waals surface area contributed by atoms with Crippen LogP contribution in [-0.4, -0.2) is 23.2 Å². The molecule has 0 aliphatic heterocycles. The zero-order valence-electron chi connectivity index (χ0n) is 15.9. The molecule has 6 heteroatoms. The molecule has 0 fully saturated rings. The number of carbonyl (C=O) groups is 1. The van der Waals surface area contributed by atoms with Crippen molar-refractivity contribution in [2.45, 2.75) is 26.8 Å². The molecule has 0 saturated heterocycles. The first-order valence-corrected chi connectivity index (χ1v) is 8.84. The van der Waals surface area contributed by atoms with Gasteiger partial charge in [0.25, 0.3) is 5.91 Å². The molecule has 0 aliphatic carbocycles. The SMILES string of the molecule is COc1ccc(-c2noc(C(NC(=O)c3ccccc3C)C(C)C)n2)cc1. The lowest BCUT2D eigenvalue weighted by Crippen LogP contribution is -2.32. The molecule has 0 aliphatic rings. The van der Waals surface area contributed by atoms with E-state index in [4.69, 9.17) is 9.26 Å². The molecule has 1 aromatic heterocycles. The van der Waals surface area contributed by atoms with Crippen LogP contribution in [0.3, 0.4) is 0 Å². The molecule has 1 heterocycles. The van der Waals surface area contributed by atoms with E-state index in [-0.39, 0.29) is 17.9 Å². The Morgan fingerprint density at radius 1 is 1.11 bits per heavy atom. The largest absolute Gasteiger partial charge is 0.497 e. The van der Waals surface area contributed by atoms with Gasteiger partial charge in [0.2, 0.25) is 11.7 Å². The first-order chi connectivity index (χ1) is 13.0. The van der Waals surface area contributed by atoms with Crippen LogP contribution in [0.25, 0.3) is 11.4 Å². The highest BCUT2D eigenvalue weighted by molar-refractivity contribution is 5.95. The van der Waals surface area contributed by atoms with Crippen molar-refractivity contribution < 1.29 is 14.1 Å². The van der Waals surface area contributed by atoms with Crippen LogP contribution in [0.1, 0.15) is 41.7 Å². The zero-order chi connectivity index (χ0) is 19.4. The molecule has 3 rings (SSSR count). The van der Waals surface area contributed by atoms with Gasteiger partial charge in [-0.2, -0.15) is 4.98 Å². The third-order valence-electron chi connectivity index (χ3n) is 4.40. The number of hydrogen-bond donors (Lipinski definition) is 1. The number of nitrogens with zero attached hydrogens (tertiary/aromatic N) is 2. The summed E-state index contributed by atoms with van der Waals surface area (Å²) in [5.74, 6) is 1.55. The lowest BCUT2D eigenvalue weighted by atomic mass is 10.0. The fourth-order valence-corrected chi connectivity index (χ4v) is 2.78. The van der Waals surface area contributed by atoms with E-state index in [9.17, 15) is 4.79 Å². The molecule has 27 heavy (non-hydrogen) atoms. The summed E-state index contributed by atoms with van der Waals surface area (Å²) in [5.41, 5.74) is 2.37. The standard InChI is InChI=1S/C21H23N3O3/c1-13(2)18(22-20(25)17-8-6-5-7-14(17)3)21-23-19(24-27-21)15-9-11-16(26-4)12-10-15/h5-13,18H,1-4H3,(H,22,25). The van der Waals surface area contributed by atoms with Gasteiger partial charge in [-0.05, 0) is 48.7 Å². The molecule has 1 unspecified atom stereocenters. The number of benzene rings is 2. The van der Waals surface area contributed by atoms with E-state index in [2.05, 4.69) is 15.5 Å². The van der Waals surface area contributed by atoms with E-state index in [1.54, 1.807) is 13.2 Å². The molecule has 0 radical (unpaired) electrons. The molecule has 0 bridgehead atoms. The first kappa shape index (κ1) is 18.6. The minimum atomic E-state index is -0.378. The van der Waals surface area contributed by atoms with Crippen molar-refractivity contribution >= 4 is 5.91 Å². The van der Waals surface area contributed by atoms with Crippen LogP contribution in [0.2, 0.25) is 0 Å². The molecule has 6 nitrogen and oxygen atoms in total. The highest BCUT2D eigenvalue weighted by Crippen LogP contribution is 2.25. The number of aryl methyl sites for hydroxylation is 1. The second-order valence-electron chi connectivity index (χ2n) is 6.69. The van der Waals surface area contributed by atoms with Crippen molar-refractivity contribution in [2.24, 2.45) is 5.92 Å². The third-order valence-corrected chi connectivity index (χ3v) is 4.40. The van der Waals surface area contributed by atoms with Crippen molar-refractivity contribution in [3.8, 4) is 17.1 Å². The minimum absolute atomic E-state index is 0.0853. The normalized spacial score (nSPS) is 12.0. The maximum Gasteiger partial charge on any atom is 0.252 e. The van der Waals surface area contributed by atoms with Crippen molar-refractivity contribution in [1.29, 1.82) is 0 Å². The smallest absolute Gasteiger partial charge is 0.252 e. The van der Waals surface area contributed by atoms with Crippen LogP contribution in [-0.2, 0) is 0 Å². The van der Waals surface area contributed by atoms with Gasteiger partial charge in [-0.1, -0.05) is 37.2 Å². The number of ether oxygens (including phenoxy) is 1. The molecule has 2 aromatic carbocycles. The number of hydrogen-bond acceptors (Lipinski definition) is 5. The van der Waals surface area contributed by atoms with Gasteiger partial charge >= 0.3 is 0 Å². The van der Waals surface area contributed by atoms with Gasteiger partial charge in [0.05, 0.1) is 7.11 Å². The average Bonchev–Trinajstić information content (AvgIpc) is 3.16. The Morgan fingerprint density at radius 3 is 2.44 bits per heavy atom. The average molecular weight is 365 g/mol. The molecule has 1 N–H and O–H groups in total. The van der Waals surface area contributed by atoms with Crippen LogP contribution in [0, 0.1) is 12.8 Å². The molecule has 1 amide bonds. The van der Waals surface area contributed by atoms with Crippen LogP contribution in [0.5, 0.6) is 5.75 Å². The van der Waals surface area contributed by atoms with E-state index >= 15 is 0 Å². The topological polar surface area (TPSA) is 77.3 Å². The molecule has 0 spiro atoms. The second-order valence-corrected chi connectivity index (χ2v) is 6.69. The minimum Gasteiger partial charge on any atom is -0.497 e. The van der Waals surface area contributed by atoms with Crippen molar-refractivity contribution in [3.05, 3.63) is 65.5 Å². The predicted molar refractivity (Wildman–Crippen MR) is 103 cm³/mol. The number of methoxy groups -OCH3 is 1. The summed E-state index contributed by atoms with van der Waals surface area (Å²) in [6.07, 6.45) is 0. The summed E-state index contributed by atoms with van der Waals surface area (Å²) in [7, 11) is 1.62. The maximum atomic E-state index is 12.7. The highest BCUT2D eigenvalue weighted by atomic mass is 16.5. The van der Waals surface area contributed by atoms with Crippen LogP contribution in [0.4, 0.5) is 0 Å². The summed E-state index contributed by atoms with van der Waals surface area (Å²) in [6, 6.07) is 14.5. The van der Waals surface area contributed by atoms with E-state index in [0.717, 1.165) is 16.9 Å². The van der Waals surface area contributed by atoms with E-state index in [1.807, 2.05) is 63.2 Å². The lowest BCUT2D eigenvalue weighted by Gasteiger charge is -2.19. The van der Waals surface area contributed by atoms with E-state index in [1.165, 1.54) is 0 Å². The van der Waals surface area contributed by atoms with Crippen molar-refractivity contribution in [3.63, 3.8) is 0 Å². The van der Waals surface area contributed by atoms with Crippen LogP contribution < -0.4 is 10.1 Å². The molecule has 1 atom stereocenters. The van der Waals surface area contributed by atoms with Crippen LogP contribution in [0.15, 0.2) is 53.1 Å². The van der Waals surface area contributed by atoms with Gasteiger partial charge in [0.1, 0.15) is 11.8 Å².